The Kier molecular flexibility index (Phi) is 3.91. The molecule has 1 N–H and O–H groups in total. The van der Waals surface area contributed by atoms with Gasteiger partial charge in [-0.15, -0.1) is 5.10 Å². The van der Waals surface area contributed by atoms with Crippen LogP contribution in [0.15, 0.2) is 35.6 Å². The fourth-order valence-electron chi connectivity index (χ4n) is 2.45. The van der Waals surface area contributed by atoms with E-state index in [4.69, 9.17) is 0 Å². The maximum Gasteiger partial charge on any atom is 0.337 e. The summed E-state index contributed by atoms with van der Waals surface area (Å²) in [6.45, 7) is 3.39. The van der Waals surface area contributed by atoms with Crippen LogP contribution in [0, 0.1) is 13.8 Å². The highest BCUT2D eigenvalue weighted by atomic mass is 32.2. The van der Waals surface area contributed by atoms with Crippen LogP contribution in [0.4, 0.5) is 5.69 Å². The number of carboxylic acid groups (broad SMARTS) is 1. The van der Waals surface area contributed by atoms with E-state index in [1.807, 2.05) is 0 Å². The van der Waals surface area contributed by atoms with Crippen LogP contribution in [0.2, 0.25) is 0 Å². The minimum Gasteiger partial charge on any atom is -0.478 e. The zero-order chi connectivity index (χ0) is 18.4. The standard InChI is InChI=1S/C15H15N5O4S/c1-9-5-4-6-11(13(21)22)12(9)19(3)25(23,24)15-17-14-16-10(2)7-8-20(14)18-15/h4-8H,1-3H3,(H,21,22). The summed E-state index contributed by atoms with van der Waals surface area (Å²) in [6, 6.07) is 6.21. The maximum atomic E-state index is 12.9. The molecule has 2 heterocycles. The predicted octanol–water partition coefficient (Wildman–Crippen LogP) is 1.26. The van der Waals surface area contributed by atoms with Gasteiger partial charge >= 0.3 is 16.0 Å². The number of carboxylic acids is 1. The number of sulfonamides is 1. The molecule has 10 heteroatoms. The molecule has 0 amide bonds. The molecule has 2 aromatic heterocycles. The first kappa shape index (κ1) is 16.8. The molecule has 0 saturated carbocycles. The Balaban J connectivity index is 2.15. The van der Waals surface area contributed by atoms with Gasteiger partial charge in [-0.25, -0.2) is 14.3 Å². The predicted molar refractivity (Wildman–Crippen MR) is 89.2 cm³/mol. The lowest BCUT2D eigenvalue weighted by molar-refractivity contribution is 0.0697. The summed E-state index contributed by atoms with van der Waals surface area (Å²) < 4.78 is 27.9. The van der Waals surface area contributed by atoms with Gasteiger partial charge in [0.05, 0.1) is 11.3 Å². The lowest BCUT2D eigenvalue weighted by atomic mass is 10.1. The van der Waals surface area contributed by atoms with E-state index >= 15 is 0 Å². The van der Waals surface area contributed by atoms with Gasteiger partial charge in [0.2, 0.25) is 0 Å². The average molecular weight is 361 g/mol. The highest BCUT2D eigenvalue weighted by Crippen LogP contribution is 2.28. The van der Waals surface area contributed by atoms with Crippen molar-refractivity contribution in [1.82, 2.24) is 19.6 Å². The molecule has 0 radical (unpaired) electrons. The molecule has 0 aliphatic rings. The SMILES string of the molecule is Cc1ccn2nc(S(=O)(=O)N(C)c3c(C)cccc3C(=O)O)nc2n1. The molecule has 9 nitrogen and oxygen atoms in total. The summed E-state index contributed by atoms with van der Waals surface area (Å²) in [5.41, 5.74) is 1.12. The molecule has 0 fully saturated rings. The molecule has 0 aliphatic heterocycles. The van der Waals surface area contributed by atoms with Crippen molar-refractivity contribution >= 4 is 27.5 Å². The molecular formula is C15H15N5O4S. The number of aromatic nitrogens is 4. The second kappa shape index (κ2) is 5.81. The molecule has 3 aromatic rings. The van der Waals surface area contributed by atoms with Crippen molar-refractivity contribution in [1.29, 1.82) is 0 Å². The Hall–Kier alpha value is -3.01. The largest absolute Gasteiger partial charge is 0.478 e. The van der Waals surface area contributed by atoms with E-state index < -0.39 is 21.1 Å². The van der Waals surface area contributed by atoms with E-state index in [1.54, 1.807) is 38.2 Å². The normalized spacial score (nSPS) is 11.6. The van der Waals surface area contributed by atoms with Gasteiger partial charge in [0, 0.05) is 18.9 Å². The van der Waals surface area contributed by atoms with Crippen molar-refractivity contribution in [3.05, 3.63) is 47.3 Å². The molecule has 1 aromatic carbocycles. The van der Waals surface area contributed by atoms with Crippen LogP contribution < -0.4 is 4.31 Å². The zero-order valence-electron chi connectivity index (χ0n) is 13.7. The maximum absolute atomic E-state index is 12.9. The van der Waals surface area contributed by atoms with Gasteiger partial charge < -0.3 is 5.11 Å². The highest BCUT2D eigenvalue weighted by Gasteiger charge is 2.30. The van der Waals surface area contributed by atoms with Crippen molar-refractivity contribution in [3.8, 4) is 0 Å². The summed E-state index contributed by atoms with van der Waals surface area (Å²) in [4.78, 5) is 19.5. The van der Waals surface area contributed by atoms with E-state index in [0.29, 0.717) is 11.3 Å². The van der Waals surface area contributed by atoms with Gasteiger partial charge in [-0.2, -0.15) is 13.4 Å². The van der Waals surface area contributed by atoms with Gasteiger partial charge in [0.15, 0.2) is 0 Å². The topological polar surface area (TPSA) is 118 Å². The van der Waals surface area contributed by atoms with Crippen LogP contribution in [0.25, 0.3) is 5.78 Å². The van der Waals surface area contributed by atoms with Crippen molar-refractivity contribution < 1.29 is 18.3 Å². The first-order valence-electron chi connectivity index (χ1n) is 7.23. The first-order valence-corrected chi connectivity index (χ1v) is 8.67. The minimum atomic E-state index is -4.16. The van der Waals surface area contributed by atoms with E-state index in [1.165, 1.54) is 17.6 Å². The number of para-hydroxylation sites is 1. The van der Waals surface area contributed by atoms with Gasteiger partial charge in [-0.3, -0.25) is 4.31 Å². The number of nitrogens with zero attached hydrogens (tertiary/aromatic N) is 5. The number of aryl methyl sites for hydroxylation is 2. The second-order valence-electron chi connectivity index (χ2n) is 5.46. The summed E-state index contributed by atoms with van der Waals surface area (Å²) in [5.74, 6) is -1.07. The summed E-state index contributed by atoms with van der Waals surface area (Å²) in [6.07, 6.45) is 1.56. The van der Waals surface area contributed by atoms with E-state index in [9.17, 15) is 18.3 Å². The van der Waals surface area contributed by atoms with E-state index in [0.717, 1.165) is 4.31 Å². The van der Waals surface area contributed by atoms with Gasteiger partial charge in [0.1, 0.15) is 0 Å². The fourth-order valence-corrected chi connectivity index (χ4v) is 3.56. The number of anilines is 1. The van der Waals surface area contributed by atoms with Crippen LogP contribution >= 0.6 is 0 Å². The van der Waals surface area contributed by atoms with Gasteiger partial charge in [-0.05, 0) is 31.5 Å². The van der Waals surface area contributed by atoms with E-state index in [2.05, 4.69) is 15.1 Å². The third kappa shape index (κ3) is 2.80. The lowest BCUT2D eigenvalue weighted by Crippen LogP contribution is -2.29. The number of carbonyl (C=O) groups is 1. The number of fused-ring (bicyclic) bond motifs is 1. The number of rotatable bonds is 4. The van der Waals surface area contributed by atoms with Crippen LogP contribution in [0.3, 0.4) is 0 Å². The Labute approximate surface area is 143 Å². The molecule has 130 valence electrons. The van der Waals surface area contributed by atoms with E-state index in [-0.39, 0.29) is 17.0 Å². The fraction of sp³-hybridized carbons (Fsp3) is 0.200. The second-order valence-corrected chi connectivity index (χ2v) is 7.32. The van der Waals surface area contributed by atoms with Gasteiger partial charge in [0.25, 0.3) is 10.9 Å². The van der Waals surface area contributed by atoms with Crippen molar-refractivity contribution in [2.45, 2.75) is 19.0 Å². The molecule has 25 heavy (non-hydrogen) atoms. The number of hydrogen-bond acceptors (Lipinski definition) is 6. The number of benzene rings is 1. The molecular weight excluding hydrogens is 346 g/mol. The zero-order valence-corrected chi connectivity index (χ0v) is 14.5. The molecule has 0 unspecified atom stereocenters. The highest BCUT2D eigenvalue weighted by molar-refractivity contribution is 7.92. The smallest absolute Gasteiger partial charge is 0.337 e. The van der Waals surface area contributed by atoms with Crippen LogP contribution in [0.5, 0.6) is 0 Å². The Bertz CT molecular complexity index is 1090. The molecule has 0 aliphatic carbocycles. The monoisotopic (exact) mass is 361 g/mol. The lowest BCUT2D eigenvalue weighted by Gasteiger charge is -2.21. The van der Waals surface area contributed by atoms with Crippen LogP contribution in [0.1, 0.15) is 21.6 Å². The Morgan fingerprint density at radius 3 is 2.60 bits per heavy atom. The van der Waals surface area contributed by atoms with Crippen molar-refractivity contribution in [2.24, 2.45) is 0 Å². The van der Waals surface area contributed by atoms with Gasteiger partial charge in [-0.1, -0.05) is 12.1 Å². The molecule has 0 saturated heterocycles. The van der Waals surface area contributed by atoms with Crippen molar-refractivity contribution in [3.63, 3.8) is 0 Å². The first-order chi connectivity index (χ1) is 11.7. The number of hydrogen-bond donors (Lipinski definition) is 1. The Morgan fingerprint density at radius 1 is 1.20 bits per heavy atom. The number of aromatic carboxylic acids is 1. The third-order valence-electron chi connectivity index (χ3n) is 3.70. The molecule has 0 spiro atoms. The van der Waals surface area contributed by atoms with Crippen molar-refractivity contribution in [2.75, 3.05) is 11.4 Å². The average Bonchev–Trinajstić information content (AvgIpc) is 2.97. The molecule has 0 atom stereocenters. The Morgan fingerprint density at radius 2 is 1.92 bits per heavy atom. The molecule has 0 bridgehead atoms. The summed E-state index contributed by atoms with van der Waals surface area (Å²) in [7, 11) is -2.89. The molecule has 3 rings (SSSR count). The summed E-state index contributed by atoms with van der Waals surface area (Å²) in [5, 5.41) is 12.8. The van der Waals surface area contributed by atoms with Crippen LogP contribution in [-0.4, -0.2) is 46.1 Å². The minimum absolute atomic E-state index is 0.0676. The third-order valence-corrected chi connectivity index (χ3v) is 5.24. The quantitative estimate of drug-likeness (QED) is 0.743. The van der Waals surface area contributed by atoms with Crippen LogP contribution in [-0.2, 0) is 10.0 Å². The summed E-state index contributed by atoms with van der Waals surface area (Å²) >= 11 is 0.